The first-order valence-electron chi connectivity index (χ1n) is 16.4. The topological polar surface area (TPSA) is 75.7 Å². The van der Waals surface area contributed by atoms with E-state index < -0.39 is 5.92 Å². The van der Waals surface area contributed by atoms with Crippen LogP contribution < -0.4 is 10.1 Å². The molecule has 3 aliphatic rings. The molecule has 244 valence electrons. The summed E-state index contributed by atoms with van der Waals surface area (Å²) in [5.74, 6) is -0.237. The molecule has 0 spiro atoms. The van der Waals surface area contributed by atoms with E-state index in [0.717, 1.165) is 46.3 Å². The fraction of sp³-hybridized carbons (Fsp3) is 0.375. The highest BCUT2D eigenvalue weighted by Gasteiger charge is 2.49. The van der Waals surface area contributed by atoms with Gasteiger partial charge in [0.15, 0.2) is 18.2 Å². The predicted molar refractivity (Wildman–Crippen MR) is 189 cm³/mol. The van der Waals surface area contributed by atoms with E-state index in [1.807, 2.05) is 67.6 Å². The Bertz CT molecular complexity index is 1750. The second-order valence-electron chi connectivity index (χ2n) is 14.8. The number of allylic oxidation sites excluding steroid dienone is 4. The number of hydrogen-bond donors (Lipinski definition) is 1. The summed E-state index contributed by atoms with van der Waals surface area (Å²) in [6, 6.07) is 23.6. The van der Waals surface area contributed by atoms with Crippen LogP contribution in [0.5, 0.6) is 5.75 Å². The number of aryl methyl sites for hydroxylation is 1. The van der Waals surface area contributed by atoms with Crippen LogP contribution in [0.4, 0.5) is 5.69 Å². The third kappa shape index (κ3) is 7.15. The van der Waals surface area contributed by atoms with E-state index in [1.54, 1.807) is 0 Å². The fourth-order valence-electron chi connectivity index (χ4n) is 7.45. The molecule has 1 N–H and O–H groups in total. The second-order valence-corrected chi connectivity index (χ2v) is 15.7. The highest BCUT2D eigenvalue weighted by molar-refractivity contribution is 9.10. The molecule has 6 rings (SSSR count). The lowest BCUT2D eigenvalue weighted by atomic mass is 9.63. The van der Waals surface area contributed by atoms with Crippen molar-refractivity contribution in [2.75, 3.05) is 18.5 Å². The van der Waals surface area contributed by atoms with Crippen molar-refractivity contribution in [3.05, 3.63) is 116 Å². The molecule has 0 radical (unpaired) electrons. The van der Waals surface area contributed by atoms with Crippen molar-refractivity contribution >= 4 is 39.1 Å². The van der Waals surface area contributed by atoms with Gasteiger partial charge >= 0.3 is 0 Å². The van der Waals surface area contributed by atoms with Crippen LogP contribution in [0.3, 0.4) is 0 Å². The number of Topliss-reactive ketones (excluding diaryl/α,β-unsaturated/α-hetero) is 2. The van der Waals surface area contributed by atoms with E-state index in [9.17, 15) is 14.4 Å². The number of ketones is 2. The normalized spacial score (nSPS) is 19.0. The first-order chi connectivity index (χ1) is 22.3. The molecule has 1 amide bonds. The summed E-state index contributed by atoms with van der Waals surface area (Å²) in [6.07, 6.45) is 3.06. The number of nitrogens with one attached hydrogen (secondary N) is 1. The molecule has 0 saturated carbocycles. The molecule has 0 atom stereocenters. The smallest absolute Gasteiger partial charge is 0.262 e. The van der Waals surface area contributed by atoms with Crippen LogP contribution in [0.1, 0.15) is 76.0 Å². The van der Waals surface area contributed by atoms with Crippen LogP contribution in [-0.4, -0.2) is 35.5 Å². The van der Waals surface area contributed by atoms with Gasteiger partial charge in [-0.2, -0.15) is 0 Å². The third-order valence-corrected chi connectivity index (χ3v) is 9.93. The number of benzene rings is 3. The van der Waals surface area contributed by atoms with Crippen LogP contribution in [0, 0.1) is 17.8 Å². The minimum absolute atomic E-state index is 0.0678. The number of amides is 1. The van der Waals surface area contributed by atoms with Crippen LogP contribution in [-0.2, 0) is 20.8 Å². The zero-order valence-corrected chi connectivity index (χ0v) is 29.5. The van der Waals surface area contributed by atoms with Gasteiger partial charge in [0.2, 0.25) is 0 Å². The average molecular weight is 696 g/mol. The molecule has 1 heterocycles. The first kappa shape index (κ1) is 33.0. The molecule has 0 aromatic heterocycles. The number of rotatable bonds is 8. The van der Waals surface area contributed by atoms with E-state index in [1.165, 1.54) is 5.56 Å². The van der Waals surface area contributed by atoms with Crippen LogP contribution in [0.15, 0.2) is 99.8 Å². The number of carbonyl (C=O) groups is 3. The van der Waals surface area contributed by atoms with Gasteiger partial charge in [-0.15, -0.1) is 0 Å². The Kier molecular flexibility index (Phi) is 9.05. The highest BCUT2D eigenvalue weighted by atomic mass is 79.9. The molecule has 6 nitrogen and oxygen atoms in total. The largest absolute Gasteiger partial charge is 0.483 e. The molecule has 0 unspecified atom stereocenters. The lowest BCUT2D eigenvalue weighted by Crippen LogP contribution is -2.45. The van der Waals surface area contributed by atoms with E-state index in [-0.39, 0.29) is 34.9 Å². The van der Waals surface area contributed by atoms with Gasteiger partial charge < -0.3 is 15.0 Å². The van der Waals surface area contributed by atoms with Gasteiger partial charge in [-0.1, -0.05) is 86.1 Å². The summed E-state index contributed by atoms with van der Waals surface area (Å²) >= 11 is 3.65. The fourth-order valence-corrected chi connectivity index (χ4v) is 7.83. The van der Waals surface area contributed by atoms with Crippen molar-refractivity contribution in [1.82, 2.24) is 4.90 Å². The summed E-state index contributed by atoms with van der Waals surface area (Å²) in [5, 5.41) is 2.91. The number of hydrogen-bond acceptors (Lipinski definition) is 5. The molecule has 7 heteroatoms. The first-order valence-corrected chi connectivity index (χ1v) is 17.2. The highest BCUT2D eigenvalue weighted by Crippen LogP contribution is 2.55. The Hall–Kier alpha value is -3.97. The van der Waals surface area contributed by atoms with Gasteiger partial charge in [0, 0.05) is 63.6 Å². The molecular weight excluding hydrogens is 652 g/mol. The van der Waals surface area contributed by atoms with Gasteiger partial charge in [0.1, 0.15) is 5.75 Å². The standard InChI is InChI=1S/C40H43BrN2O4/c1-25-10-9-13-28(18-25)42-35(46)24-47-34-15-14-27(41)19-29(34)36-37-30(20-39(2,3)22-32(37)44)43(17-16-26-11-7-6-8-12-26)31-21-40(4,5)23-33(45)38(31)36/h6-15,18-19,36H,16-17,20-24H2,1-5H3,(H,42,46). The maximum Gasteiger partial charge on any atom is 0.262 e. The molecule has 47 heavy (non-hydrogen) atoms. The van der Waals surface area contributed by atoms with Gasteiger partial charge in [0.25, 0.3) is 5.91 Å². The number of carbonyl (C=O) groups excluding carboxylic acids is 3. The van der Waals surface area contributed by atoms with Crippen molar-refractivity contribution in [1.29, 1.82) is 0 Å². The van der Waals surface area contributed by atoms with Crippen molar-refractivity contribution < 1.29 is 19.1 Å². The van der Waals surface area contributed by atoms with Crippen LogP contribution in [0.2, 0.25) is 0 Å². The SMILES string of the molecule is Cc1cccc(NC(=O)COc2ccc(Br)cc2C2C3=C(CC(C)(C)CC3=O)N(CCc3ccccc3)C3=C2C(=O)CC(C)(C)C3)c1. The molecule has 3 aromatic rings. The predicted octanol–water partition coefficient (Wildman–Crippen LogP) is 8.70. The van der Waals surface area contributed by atoms with E-state index in [0.29, 0.717) is 42.0 Å². The molecule has 0 saturated heterocycles. The van der Waals surface area contributed by atoms with Crippen LogP contribution >= 0.6 is 15.9 Å². The number of halogens is 1. The van der Waals surface area contributed by atoms with E-state index in [2.05, 4.69) is 66.0 Å². The monoisotopic (exact) mass is 694 g/mol. The van der Waals surface area contributed by atoms with Gasteiger partial charge in [-0.3, -0.25) is 14.4 Å². The molecule has 2 aliphatic carbocycles. The molecule has 0 fully saturated rings. The van der Waals surface area contributed by atoms with Crippen molar-refractivity contribution in [3.8, 4) is 5.75 Å². The average Bonchev–Trinajstić information content (AvgIpc) is 2.98. The maximum atomic E-state index is 14.3. The number of ether oxygens (including phenoxy) is 1. The van der Waals surface area contributed by atoms with Gasteiger partial charge in [-0.25, -0.2) is 0 Å². The summed E-state index contributed by atoms with van der Waals surface area (Å²) in [6.45, 7) is 11.1. The lowest BCUT2D eigenvalue weighted by Gasteiger charge is -2.49. The second kappa shape index (κ2) is 12.9. The Morgan fingerprint density at radius 1 is 0.851 bits per heavy atom. The summed E-state index contributed by atoms with van der Waals surface area (Å²) in [5.41, 5.74) is 6.66. The van der Waals surface area contributed by atoms with Crippen LogP contribution in [0.25, 0.3) is 0 Å². The summed E-state index contributed by atoms with van der Waals surface area (Å²) in [7, 11) is 0. The Labute approximate surface area is 286 Å². The maximum absolute atomic E-state index is 14.3. The number of nitrogens with zero attached hydrogens (tertiary/aromatic N) is 1. The minimum atomic E-state index is -0.576. The molecule has 1 aliphatic heterocycles. The zero-order valence-electron chi connectivity index (χ0n) is 27.9. The Balaban J connectivity index is 1.44. The molecule has 3 aromatic carbocycles. The Morgan fingerprint density at radius 3 is 2.11 bits per heavy atom. The molecule has 0 bridgehead atoms. The van der Waals surface area contributed by atoms with E-state index >= 15 is 0 Å². The summed E-state index contributed by atoms with van der Waals surface area (Å²) in [4.78, 5) is 44.0. The van der Waals surface area contributed by atoms with Crippen molar-refractivity contribution in [3.63, 3.8) is 0 Å². The zero-order chi connectivity index (χ0) is 33.5. The minimum Gasteiger partial charge on any atom is -0.483 e. The number of anilines is 1. The lowest BCUT2D eigenvalue weighted by molar-refractivity contribution is -0.120. The quantitative estimate of drug-likeness (QED) is 0.255. The van der Waals surface area contributed by atoms with Gasteiger partial charge in [-0.05, 0) is 78.5 Å². The Morgan fingerprint density at radius 2 is 1.49 bits per heavy atom. The van der Waals surface area contributed by atoms with Crippen molar-refractivity contribution in [2.45, 2.75) is 72.6 Å². The molecular formula is C40H43BrN2O4. The van der Waals surface area contributed by atoms with E-state index in [4.69, 9.17) is 4.74 Å². The third-order valence-electron chi connectivity index (χ3n) is 9.43. The van der Waals surface area contributed by atoms with Crippen molar-refractivity contribution in [2.24, 2.45) is 10.8 Å². The van der Waals surface area contributed by atoms with Gasteiger partial charge in [0.05, 0.1) is 0 Å². The summed E-state index contributed by atoms with van der Waals surface area (Å²) < 4.78 is 7.05.